The maximum absolute atomic E-state index is 11.9. The number of rotatable bonds is 5. The number of nitrogens with one attached hydrogen (secondary N) is 1. The van der Waals surface area contributed by atoms with E-state index in [4.69, 9.17) is 0 Å². The maximum Gasteiger partial charge on any atom is 0.252 e. The van der Waals surface area contributed by atoms with E-state index in [-0.39, 0.29) is 11.9 Å². The highest BCUT2D eigenvalue weighted by atomic mass is 127. The zero-order chi connectivity index (χ0) is 12.1. The van der Waals surface area contributed by atoms with Gasteiger partial charge in [-0.05, 0) is 41.0 Å². The van der Waals surface area contributed by atoms with Crippen molar-refractivity contribution in [2.75, 3.05) is 5.33 Å². The van der Waals surface area contributed by atoms with Crippen LogP contribution in [0, 0.1) is 8.80 Å². The molecule has 0 spiro atoms. The summed E-state index contributed by atoms with van der Waals surface area (Å²) in [6.07, 6.45) is 0.998. The van der Waals surface area contributed by atoms with Crippen LogP contribution in [0.1, 0.15) is 30.6 Å². The molecule has 1 amide bonds. The summed E-state index contributed by atoms with van der Waals surface area (Å²) in [5.74, 6) is 0.620. The quantitative estimate of drug-likeness (QED) is 0.573. The number of hydrogen-bond acceptors (Lipinski definition) is 2. The van der Waals surface area contributed by atoms with Crippen LogP contribution in [0.15, 0.2) is 11.4 Å². The SMILES string of the molecule is CC(C)CC(CBr)NC(=O)c1csc(I)c1. The van der Waals surface area contributed by atoms with Crippen molar-refractivity contribution in [2.24, 2.45) is 5.92 Å². The number of hydrogen-bond donors (Lipinski definition) is 1. The summed E-state index contributed by atoms with van der Waals surface area (Å²) >= 11 is 7.26. The molecule has 0 fully saturated rings. The van der Waals surface area contributed by atoms with Gasteiger partial charge >= 0.3 is 0 Å². The highest BCUT2D eigenvalue weighted by molar-refractivity contribution is 14.1. The largest absolute Gasteiger partial charge is 0.348 e. The third kappa shape index (κ3) is 4.71. The molecule has 0 radical (unpaired) electrons. The van der Waals surface area contributed by atoms with Gasteiger partial charge in [-0.3, -0.25) is 4.79 Å². The van der Waals surface area contributed by atoms with Crippen LogP contribution >= 0.6 is 49.9 Å². The molecule has 2 nitrogen and oxygen atoms in total. The molecular formula is C11H15BrINOS. The highest BCUT2D eigenvalue weighted by Crippen LogP contribution is 2.17. The lowest BCUT2D eigenvalue weighted by molar-refractivity contribution is 0.0937. The number of amides is 1. The minimum atomic E-state index is 0.0317. The molecule has 0 aliphatic heterocycles. The lowest BCUT2D eigenvalue weighted by Crippen LogP contribution is -2.36. The Morgan fingerprint density at radius 3 is 2.75 bits per heavy atom. The molecule has 0 aliphatic carbocycles. The molecule has 0 aliphatic rings. The van der Waals surface area contributed by atoms with Gasteiger partial charge in [0.05, 0.1) is 8.45 Å². The van der Waals surface area contributed by atoms with Crippen LogP contribution in [-0.4, -0.2) is 17.3 Å². The lowest BCUT2D eigenvalue weighted by atomic mass is 10.1. The first kappa shape index (κ1) is 14.4. The molecule has 0 saturated heterocycles. The van der Waals surface area contributed by atoms with Gasteiger partial charge < -0.3 is 5.32 Å². The van der Waals surface area contributed by atoms with Gasteiger partial charge in [-0.15, -0.1) is 11.3 Å². The van der Waals surface area contributed by atoms with E-state index in [9.17, 15) is 4.79 Å². The van der Waals surface area contributed by atoms with Crippen LogP contribution in [0.25, 0.3) is 0 Å². The van der Waals surface area contributed by atoms with Crippen LogP contribution < -0.4 is 5.32 Å². The molecular weight excluding hydrogens is 401 g/mol. The third-order valence-corrected chi connectivity index (χ3v) is 4.68. The van der Waals surface area contributed by atoms with E-state index in [0.29, 0.717) is 5.92 Å². The van der Waals surface area contributed by atoms with Crippen molar-refractivity contribution < 1.29 is 4.79 Å². The average Bonchev–Trinajstić information content (AvgIpc) is 2.63. The molecule has 1 N–H and O–H groups in total. The molecule has 1 unspecified atom stereocenters. The fourth-order valence-corrected chi connectivity index (χ4v) is 3.18. The maximum atomic E-state index is 11.9. The molecule has 1 atom stereocenters. The monoisotopic (exact) mass is 415 g/mol. The van der Waals surface area contributed by atoms with Gasteiger partial charge in [-0.25, -0.2) is 0 Å². The zero-order valence-corrected chi connectivity index (χ0v) is 13.9. The summed E-state index contributed by atoms with van der Waals surface area (Å²) in [6, 6.07) is 2.13. The lowest BCUT2D eigenvalue weighted by Gasteiger charge is -2.17. The van der Waals surface area contributed by atoms with Gasteiger partial charge in [0, 0.05) is 16.8 Å². The molecule has 1 aromatic heterocycles. The number of carbonyl (C=O) groups is 1. The van der Waals surface area contributed by atoms with Gasteiger partial charge in [-0.1, -0.05) is 29.8 Å². The Kier molecular flexibility index (Phi) is 6.28. The topological polar surface area (TPSA) is 29.1 Å². The Labute approximate surface area is 122 Å². The summed E-state index contributed by atoms with van der Waals surface area (Å²) in [4.78, 5) is 11.9. The Morgan fingerprint density at radius 1 is 1.62 bits per heavy atom. The van der Waals surface area contributed by atoms with Crippen molar-refractivity contribution in [1.82, 2.24) is 5.32 Å². The molecule has 1 heterocycles. The number of carbonyl (C=O) groups excluding carboxylic acids is 1. The first-order chi connectivity index (χ1) is 7.52. The van der Waals surface area contributed by atoms with E-state index in [1.807, 2.05) is 11.4 Å². The Morgan fingerprint density at radius 2 is 2.31 bits per heavy atom. The predicted molar refractivity (Wildman–Crippen MR) is 81.5 cm³/mol. The molecule has 0 saturated carbocycles. The van der Waals surface area contributed by atoms with Crippen LogP contribution in [0.4, 0.5) is 0 Å². The van der Waals surface area contributed by atoms with Gasteiger partial charge in [0.1, 0.15) is 0 Å². The minimum absolute atomic E-state index is 0.0317. The molecule has 16 heavy (non-hydrogen) atoms. The van der Waals surface area contributed by atoms with Crippen molar-refractivity contribution in [3.8, 4) is 0 Å². The summed E-state index contributed by atoms with van der Waals surface area (Å²) < 4.78 is 1.14. The minimum Gasteiger partial charge on any atom is -0.348 e. The van der Waals surface area contributed by atoms with E-state index in [1.165, 1.54) is 0 Å². The smallest absolute Gasteiger partial charge is 0.252 e. The van der Waals surface area contributed by atoms with Gasteiger partial charge in [-0.2, -0.15) is 0 Å². The Balaban J connectivity index is 2.55. The molecule has 1 aromatic rings. The molecule has 0 aromatic carbocycles. The number of halogens is 2. The van der Waals surface area contributed by atoms with Crippen molar-refractivity contribution in [3.63, 3.8) is 0 Å². The second-order valence-corrected chi connectivity index (χ2v) is 7.55. The summed E-state index contributed by atoms with van der Waals surface area (Å²) in [7, 11) is 0. The van der Waals surface area contributed by atoms with Crippen LogP contribution in [0.3, 0.4) is 0 Å². The Hall–Kier alpha value is 0.380. The normalized spacial score (nSPS) is 12.8. The standard InChI is InChI=1S/C11H15BrINOS/c1-7(2)3-9(5-12)14-11(15)8-4-10(13)16-6-8/h4,6-7,9H,3,5H2,1-2H3,(H,14,15). The number of alkyl halides is 1. The second kappa shape index (κ2) is 6.96. The van der Waals surface area contributed by atoms with Crippen LogP contribution in [0.2, 0.25) is 0 Å². The van der Waals surface area contributed by atoms with Gasteiger partial charge in [0.25, 0.3) is 5.91 Å². The van der Waals surface area contributed by atoms with Crippen molar-refractivity contribution >= 4 is 55.8 Å². The van der Waals surface area contributed by atoms with E-state index in [0.717, 1.165) is 20.2 Å². The van der Waals surface area contributed by atoms with E-state index in [2.05, 4.69) is 57.7 Å². The first-order valence-corrected chi connectivity index (χ1v) is 8.21. The summed E-state index contributed by atoms with van der Waals surface area (Å²) in [5.41, 5.74) is 0.768. The number of thiophene rings is 1. The molecule has 5 heteroatoms. The first-order valence-electron chi connectivity index (χ1n) is 5.13. The van der Waals surface area contributed by atoms with Crippen LogP contribution in [0.5, 0.6) is 0 Å². The molecule has 1 rings (SSSR count). The fourth-order valence-electron chi connectivity index (χ4n) is 1.43. The zero-order valence-electron chi connectivity index (χ0n) is 9.30. The second-order valence-electron chi connectivity index (χ2n) is 4.09. The Bertz CT molecular complexity index is 354. The average molecular weight is 416 g/mol. The molecule has 0 bridgehead atoms. The van der Waals surface area contributed by atoms with E-state index >= 15 is 0 Å². The summed E-state index contributed by atoms with van der Waals surface area (Å²) in [5, 5.41) is 5.75. The van der Waals surface area contributed by atoms with Crippen molar-refractivity contribution in [2.45, 2.75) is 26.3 Å². The van der Waals surface area contributed by atoms with E-state index < -0.39 is 0 Å². The predicted octanol–water partition coefficient (Wildman–Crippen LogP) is 3.89. The fraction of sp³-hybridized carbons (Fsp3) is 0.545. The molecule has 90 valence electrons. The van der Waals surface area contributed by atoms with Crippen molar-refractivity contribution in [3.05, 3.63) is 19.9 Å². The van der Waals surface area contributed by atoms with E-state index in [1.54, 1.807) is 11.3 Å². The van der Waals surface area contributed by atoms with Gasteiger partial charge in [0.2, 0.25) is 0 Å². The highest BCUT2D eigenvalue weighted by Gasteiger charge is 2.14. The third-order valence-electron chi connectivity index (χ3n) is 2.11. The van der Waals surface area contributed by atoms with Gasteiger partial charge in [0.15, 0.2) is 0 Å². The van der Waals surface area contributed by atoms with Crippen LogP contribution in [-0.2, 0) is 0 Å². The van der Waals surface area contributed by atoms with Crippen molar-refractivity contribution in [1.29, 1.82) is 0 Å². The summed E-state index contributed by atoms with van der Waals surface area (Å²) in [6.45, 7) is 4.32.